The van der Waals surface area contributed by atoms with E-state index in [0.717, 1.165) is 27.4 Å². The number of nitrogens with zero attached hydrogens (tertiary/aromatic N) is 1. The first-order chi connectivity index (χ1) is 14.0. The normalized spacial score (nSPS) is 13.4. The Hall–Kier alpha value is -2.79. The SMILES string of the molecule is C/C=C/c1nc2cc(OC)c(OC)cc2s1.C=CC1=CCC=C(NC(C)C)C=C1. The van der Waals surface area contributed by atoms with Gasteiger partial charge >= 0.3 is 0 Å². The van der Waals surface area contributed by atoms with Crippen LogP contribution >= 0.6 is 11.3 Å². The summed E-state index contributed by atoms with van der Waals surface area (Å²) < 4.78 is 11.6. The molecule has 1 N–H and O–H groups in total. The Balaban J connectivity index is 0.000000212. The Kier molecular flexibility index (Phi) is 8.74. The molecule has 4 nitrogen and oxygen atoms in total. The Morgan fingerprint density at radius 2 is 1.86 bits per heavy atom. The standard InChI is InChI=1S/C12H13NO2S.C12H17N/c1-4-5-12-13-8-6-9(14-2)10(15-3)7-11(8)16-12;1-4-11-6-5-7-12(9-8-11)13-10(2)3/h4-7H,1-3H3;4,6-10,13H,1,5H2,2-3H3/b5-4+;. The van der Waals surface area contributed by atoms with Gasteiger partial charge in [0.25, 0.3) is 0 Å². The number of ether oxygens (including phenoxy) is 2. The highest BCUT2D eigenvalue weighted by Crippen LogP contribution is 2.34. The van der Waals surface area contributed by atoms with Crippen LogP contribution in [0.25, 0.3) is 16.3 Å². The zero-order valence-electron chi connectivity index (χ0n) is 17.9. The summed E-state index contributed by atoms with van der Waals surface area (Å²) in [5.41, 5.74) is 3.33. The van der Waals surface area contributed by atoms with Gasteiger partial charge < -0.3 is 14.8 Å². The second-order valence-corrected chi connectivity index (χ2v) is 7.73. The van der Waals surface area contributed by atoms with Crippen molar-refractivity contribution in [3.8, 4) is 11.5 Å². The minimum atomic E-state index is 0.487. The maximum atomic E-state index is 5.25. The molecule has 2 aromatic rings. The first-order valence-electron chi connectivity index (χ1n) is 9.63. The maximum Gasteiger partial charge on any atom is 0.162 e. The van der Waals surface area contributed by atoms with Crippen LogP contribution in [0.5, 0.6) is 11.5 Å². The van der Waals surface area contributed by atoms with Gasteiger partial charge in [-0.05, 0) is 44.9 Å². The summed E-state index contributed by atoms with van der Waals surface area (Å²) in [6, 6.07) is 4.34. The largest absolute Gasteiger partial charge is 0.493 e. The Labute approximate surface area is 178 Å². The molecule has 5 heteroatoms. The molecule has 0 saturated heterocycles. The second kappa shape index (κ2) is 11.3. The van der Waals surface area contributed by atoms with Gasteiger partial charge in [0.15, 0.2) is 11.5 Å². The van der Waals surface area contributed by atoms with Crippen LogP contribution in [0.1, 0.15) is 32.2 Å². The number of thiazole rings is 1. The number of allylic oxidation sites excluding steroid dienone is 7. The topological polar surface area (TPSA) is 43.4 Å². The number of fused-ring (bicyclic) bond motifs is 1. The number of nitrogens with one attached hydrogen (secondary N) is 1. The zero-order chi connectivity index (χ0) is 21.2. The summed E-state index contributed by atoms with van der Waals surface area (Å²) in [5, 5.41) is 4.37. The molecule has 0 aliphatic heterocycles. The van der Waals surface area contributed by atoms with Gasteiger partial charge in [-0.2, -0.15) is 0 Å². The lowest BCUT2D eigenvalue weighted by Gasteiger charge is -2.09. The molecule has 1 aromatic heterocycles. The molecule has 0 bridgehead atoms. The summed E-state index contributed by atoms with van der Waals surface area (Å²) in [6.45, 7) is 10.0. The lowest BCUT2D eigenvalue weighted by molar-refractivity contribution is 0.356. The van der Waals surface area contributed by atoms with Crippen molar-refractivity contribution in [3.63, 3.8) is 0 Å². The van der Waals surface area contributed by atoms with E-state index in [9.17, 15) is 0 Å². The molecule has 154 valence electrons. The van der Waals surface area contributed by atoms with E-state index in [4.69, 9.17) is 9.47 Å². The van der Waals surface area contributed by atoms with Gasteiger partial charge in [0, 0.05) is 23.9 Å². The Morgan fingerprint density at radius 3 is 2.48 bits per heavy atom. The molecule has 3 rings (SSSR count). The van der Waals surface area contributed by atoms with Crippen LogP contribution in [-0.2, 0) is 0 Å². The third-order valence-corrected chi connectivity index (χ3v) is 5.04. The smallest absolute Gasteiger partial charge is 0.162 e. The average Bonchev–Trinajstić information content (AvgIpc) is 2.96. The predicted molar refractivity (Wildman–Crippen MR) is 126 cm³/mol. The van der Waals surface area contributed by atoms with Crippen molar-refractivity contribution in [3.05, 3.63) is 71.4 Å². The molecule has 1 aliphatic carbocycles. The third kappa shape index (κ3) is 6.64. The number of methoxy groups -OCH3 is 2. The van der Waals surface area contributed by atoms with Crippen LogP contribution < -0.4 is 14.8 Å². The van der Waals surface area contributed by atoms with Gasteiger partial charge in [-0.3, -0.25) is 0 Å². The van der Waals surface area contributed by atoms with Gasteiger partial charge in [0.1, 0.15) is 5.01 Å². The molecular formula is C24H30N2O2S. The average molecular weight is 411 g/mol. The fraction of sp³-hybridized carbons (Fsp3) is 0.292. The molecule has 0 atom stereocenters. The van der Waals surface area contributed by atoms with Crippen molar-refractivity contribution >= 4 is 27.6 Å². The number of hydrogen-bond acceptors (Lipinski definition) is 5. The first kappa shape index (κ1) is 22.5. The molecule has 29 heavy (non-hydrogen) atoms. The fourth-order valence-electron chi connectivity index (χ4n) is 2.72. The van der Waals surface area contributed by atoms with Gasteiger partial charge in [-0.25, -0.2) is 4.98 Å². The first-order valence-corrected chi connectivity index (χ1v) is 10.4. The molecule has 0 saturated carbocycles. The molecule has 0 radical (unpaired) electrons. The molecule has 0 unspecified atom stereocenters. The van der Waals surface area contributed by atoms with Crippen LogP contribution in [0, 0.1) is 0 Å². The predicted octanol–water partition coefficient (Wildman–Crippen LogP) is 6.29. The molecule has 1 aromatic carbocycles. The van der Waals surface area contributed by atoms with Gasteiger partial charge in [0.05, 0.1) is 24.4 Å². The Bertz CT molecular complexity index is 908. The van der Waals surface area contributed by atoms with E-state index in [-0.39, 0.29) is 0 Å². The monoisotopic (exact) mass is 410 g/mol. The number of aromatic nitrogens is 1. The lowest BCUT2D eigenvalue weighted by atomic mass is 10.2. The molecule has 0 amide bonds. The van der Waals surface area contributed by atoms with E-state index in [1.54, 1.807) is 25.6 Å². The third-order valence-electron chi connectivity index (χ3n) is 4.06. The quantitative estimate of drug-likeness (QED) is 0.608. The van der Waals surface area contributed by atoms with Gasteiger partial charge in [-0.1, -0.05) is 37.0 Å². The minimum absolute atomic E-state index is 0.487. The lowest BCUT2D eigenvalue weighted by Crippen LogP contribution is -2.20. The van der Waals surface area contributed by atoms with Gasteiger partial charge in [-0.15, -0.1) is 11.3 Å². The van der Waals surface area contributed by atoms with Crippen molar-refractivity contribution in [1.29, 1.82) is 0 Å². The zero-order valence-corrected chi connectivity index (χ0v) is 18.7. The number of hydrogen-bond donors (Lipinski definition) is 1. The second-order valence-electron chi connectivity index (χ2n) is 6.66. The minimum Gasteiger partial charge on any atom is -0.493 e. The number of benzene rings is 1. The molecular weight excluding hydrogens is 380 g/mol. The van der Waals surface area contributed by atoms with Crippen molar-refractivity contribution in [2.75, 3.05) is 14.2 Å². The van der Waals surface area contributed by atoms with Crippen molar-refractivity contribution in [2.45, 2.75) is 33.2 Å². The summed E-state index contributed by atoms with van der Waals surface area (Å²) in [5.74, 6) is 1.46. The summed E-state index contributed by atoms with van der Waals surface area (Å²) >= 11 is 1.64. The van der Waals surface area contributed by atoms with E-state index in [2.05, 4.69) is 55.0 Å². The highest BCUT2D eigenvalue weighted by molar-refractivity contribution is 7.19. The highest BCUT2D eigenvalue weighted by atomic mass is 32.1. The summed E-state index contributed by atoms with van der Waals surface area (Å²) in [7, 11) is 3.26. The van der Waals surface area contributed by atoms with E-state index < -0.39 is 0 Å². The van der Waals surface area contributed by atoms with Crippen LogP contribution in [0.2, 0.25) is 0 Å². The summed E-state index contributed by atoms with van der Waals surface area (Å²) in [4.78, 5) is 4.48. The Morgan fingerprint density at radius 1 is 1.14 bits per heavy atom. The molecule has 0 spiro atoms. The van der Waals surface area contributed by atoms with Gasteiger partial charge in [0.2, 0.25) is 0 Å². The van der Waals surface area contributed by atoms with Crippen LogP contribution in [0.4, 0.5) is 0 Å². The summed E-state index contributed by atoms with van der Waals surface area (Å²) in [6.07, 6.45) is 15.4. The van der Waals surface area contributed by atoms with E-state index in [1.165, 1.54) is 11.3 Å². The molecule has 1 heterocycles. The van der Waals surface area contributed by atoms with Crippen LogP contribution in [-0.4, -0.2) is 25.2 Å². The molecule has 0 fully saturated rings. The maximum absolute atomic E-state index is 5.25. The van der Waals surface area contributed by atoms with Crippen LogP contribution in [0.15, 0.2) is 66.4 Å². The highest BCUT2D eigenvalue weighted by Gasteiger charge is 2.09. The van der Waals surface area contributed by atoms with Crippen molar-refractivity contribution < 1.29 is 9.47 Å². The van der Waals surface area contributed by atoms with Crippen molar-refractivity contribution in [2.24, 2.45) is 0 Å². The van der Waals surface area contributed by atoms with E-state index in [1.807, 2.05) is 37.3 Å². The van der Waals surface area contributed by atoms with Crippen molar-refractivity contribution in [1.82, 2.24) is 10.3 Å². The molecule has 1 aliphatic rings. The van der Waals surface area contributed by atoms with E-state index >= 15 is 0 Å². The van der Waals surface area contributed by atoms with Crippen LogP contribution in [0.3, 0.4) is 0 Å². The fourth-order valence-corrected chi connectivity index (χ4v) is 3.67. The van der Waals surface area contributed by atoms with E-state index in [0.29, 0.717) is 11.8 Å². The number of rotatable bonds is 6.